The molecular weight excluding hydrogens is 761 g/mol. The Hall–Kier alpha value is -0.240. The van der Waals surface area contributed by atoms with Gasteiger partial charge >= 0.3 is 22.8 Å². The Morgan fingerprint density at radius 2 is 0.833 bits per heavy atom. The first-order valence-electron chi connectivity index (χ1n) is 20.3. The highest BCUT2D eigenvalue weighted by Gasteiger charge is 2.34. The zero-order valence-electron chi connectivity index (χ0n) is 33.8. The molecule has 18 heteroatoms. The Bertz CT molecular complexity index is 1000. The van der Waals surface area contributed by atoms with Crippen molar-refractivity contribution < 1.29 is 66.5 Å². The third-order valence-electron chi connectivity index (χ3n) is 9.32. The Morgan fingerprint density at radius 3 is 1.15 bits per heavy atom. The van der Waals surface area contributed by atoms with E-state index >= 15 is 0 Å². The van der Waals surface area contributed by atoms with Crippen LogP contribution in [-0.2, 0) is 32.7 Å². The summed E-state index contributed by atoms with van der Waals surface area (Å²) in [5, 5.41) is 2.96. The molecule has 0 aromatic rings. The van der Waals surface area contributed by atoms with Crippen LogP contribution in [0.3, 0.4) is 0 Å². The summed E-state index contributed by atoms with van der Waals surface area (Å²) in [6, 6.07) is 0. The third kappa shape index (κ3) is 37.3. The van der Waals surface area contributed by atoms with Crippen molar-refractivity contribution in [2.75, 3.05) is 85.3 Å². The number of carbonyl (C=O) groups excluding carboxylic acids is 1. The van der Waals surface area contributed by atoms with E-state index in [-0.39, 0.29) is 89.7 Å². The van der Waals surface area contributed by atoms with Gasteiger partial charge in [0.2, 0.25) is 5.91 Å². The molecule has 0 atom stereocenters. The van der Waals surface area contributed by atoms with Gasteiger partial charge in [0.1, 0.15) is 5.54 Å². The van der Waals surface area contributed by atoms with Crippen LogP contribution >= 0.6 is 22.8 Å². The number of rotatable bonds is 39. The minimum atomic E-state index is -4.23. The van der Waals surface area contributed by atoms with Crippen molar-refractivity contribution in [3.8, 4) is 0 Å². The summed E-state index contributed by atoms with van der Waals surface area (Å²) in [7, 11) is -8.51. The van der Waals surface area contributed by atoms with Crippen LogP contribution in [0, 0.1) is 0 Å². The summed E-state index contributed by atoms with van der Waals surface area (Å²) in [5.74, 6) is -0.301. The number of ether oxygens (including phenoxy) is 3. The van der Waals surface area contributed by atoms with Crippen molar-refractivity contribution in [2.24, 2.45) is 0 Å². The topological polar surface area (TPSA) is 229 Å². The fourth-order valence-electron chi connectivity index (χ4n) is 6.12. The zero-order valence-corrected chi connectivity index (χ0v) is 36.4. The second kappa shape index (κ2) is 30.8. The van der Waals surface area contributed by atoms with E-state index in [0.717, 1.165) is 19.4 Å². The Balaban J connectivity index is 4.92. The molecule has 1 amide bonds. The molecule has 0 unspecified atom stereocenters. The van der Waals surface area contributed by atoms with Crippen molar-refractivity contribution in [3.05, 3.63) is 0 Å². The first-order valence-corrected chi connectivity index (χ1v) is 25.7. The number of amides is 1. The second-order valence-electron chi connectivity index (χ2n) is 15.6. The number of quaternary nitrogens is 1. The Kier molecular flexibility index (Phi) is 30.6. The summed E-state index contributed by atoms with van der Waals surface area (Å²) >= 11 is 0. The van der Waals surface area contributed by atoms with Crippen molar-refractivity contribution in [1.29, 1.82) is 0 Å². The molecule has 0 heterocycles. The number of carbonyl (C=O) groups is 1. The fourth-order valence-corrected chi connectivity index (χ4v) is 7.74. The van der Waals surface area contributed by atoms with Crippen molar-refractivity contribution in [3.63, 3.8) is 0 Å². The van der Waals surface area contributed by atoms with Crippen LogP contribution in [0.1, 0.15) is 135 Å². The van der Waals surface area contributed by atoms with Crippen LogP contribution < -0.4 is 5.32 Å². The first-order chi connectivity index (χ1) is 25.3. The smallest absolute Gasteiger partial charge is 0.325 e. The van der Waals surface area contributed by atoms with E-state index < -0.39 is 28.3 Å². The standard InChI is InChI=1S/C36H77N2O13P3/c1-4-5-6-7-8-9-10-11-12-13-14-15-16-17-18-19-24-38(2,3)25-23-35(39)37-36(32-49-26-20-29-52(40,41)42,33-50-27-21-30-53(43,44)45)34-51-28-22-31-54(46,47)48/h4-34H2,1-3H3,(H6-,37,39,40,41,42,43,44,45,46,47,48)/p+1. The molecule has 0 aromatic heterocycles. The summed E-state index contributed by atoms with van der Waals surface area (Å²) in [6.45, 7) is 3.19. The lowest BCUT2D eigenvalue weighted by Gasteiger charge is -2.35. The van der Waals surface area contributed by atoms with E-state index in [4.69, 9.17) is 14.2 Å². The van der Waals surface area contributed by atoms with Gasteiger partial charge in [-0.1, -0.05) is 96.8 Å². The fraction of sp³-hybridized carbons (Fsp3) is 0.972. The quantitative estimate of drug-likeness (QED) is 0.0204. The molecule has 324 valence electrons. The lowest BCUT2D eigenvalue weighted by atomic mass is 10.0. The molecule has 0 aromatic carbocycles. The molecule has 54 heavy (non-hydrogen) atoms. The maximum atomic E-state index is 13.4. The van der Waals surface area contributed by atoms with E-state index in [1.807, 2.05) is 0 Å². The summed E-state index contributed by atoms with van der Waals surface area (Å²) in [5.41, 5.74) is -1.28. The number of hydrogen-bond acceptors (Lipinski definition) is 7. The molecule has 0 spiro atoms. The van der Waals surface area contributed by atoms with E-state index in [9.17, 15) is 47.9 Å². The van der Waals surface area contributed by atoms with Gasteiger partial charge in [-0.05, 0) is 32.1 Å². The summed E-state index contributed by atoms with van der Waals surface area (Å²) < 4.78 is 51.7. The monoisotopic (exact) mass is 839 g/mol. The predicted molar refractivity (Wildman–Crippen MR) is 214 cm³/mol. The van der Waals surface area contributed by atoms with Crippen LogP contribution in [0.15, 0.2) is 0 Å². The predicted octanol–water partition coefficient (Wildman–Crippen LogP) is 6.32. The van der Waals surface area contributed by atoms with Gasteiger partial charge in [-0.3, -0.25) is 18.5 Å². The SMILES string of the molecule is CCCCCCCCCCCCCCCCCC[N+](C)(C)CCC(=O)NC(COCCCP(=O)(O)O)(COCCCP(=O)(O)O)COCCCP(=O)(O)O. The average molecular weight is 840 g/mol. The summed E-state index contributed by atoms with van der Waals surface area (Å²) in [4.78, 5) is 68.5. The van der Waals surface area contributed by atoms with Gasteiger partial charge in [-0.15, -0.1) is 0 Å². The zero-order chi connectivity index (χ0) is 40.8. The Labute approximate surface area is 326 Å². The van der Waals surface area contributed by atoms with Crippen molar-refractivity contribution >= 4 is 28.7 Å². The van der Waals surface area contributed by atoms with Gasteiger partial charge in [0.05, 0.1) is 71.9 Å². The molecule has 0 saturated carbocycles. The highest BCUT2D eigenvalue weighted by molar-refractivity contribution is 7.52. The van der Waals surface area contributed by atoms with Gasteiger partial charge in [0, 0.05) is 19.8 Å². The third-order valence-corrected chi connectivity index (χ3v) is 12.0. The maximum Gasteiger partial charge on any atom is 0.325 e. The van der Waals surface area contributed by atoms with Crippen LogP contribution in [0.2, 0.25) is 0 Å². The summed E-state index contributed by atoms with van der Waals surface area (Å²) in [6.07, 6.45) is 20.1. The second-order valence-corrected chi connectivity index (χ2v) is 21.0. The van der Waals surface area contributed by atoms with Gasteiger partial charge in [0.25, 0.3) is 0 Å². The number of hydrogen-bond donors (Lipinski definition) is 7. The number of unbranched alkanes of at least 4 members (excludes halogenated alkanes) is 15. The van der Waals surface area contributed by atoms with Gasteiger partial charge in [0.15, 0.2) is 0 Å². The van der Waals surface area contributed by atoms with Crippen LogP contribution in [0.4, 0.5) is 0 Å². The lowest BCUT2D eigenvalue weighted by molar-refractivity contribution is -0.890. The normalized spacial score (nSPS) is 13.1. The first kappa shape index (κ1) is 53.8. The highest BCUT2D eigenvalue weighted by atomic mass is 31.2. The van der Waals surface area contributed by atoms with E-state index in [1.54, 1.807) is 0 Å². The average Bonchev–Trinajstić information content (AvgIpc) is 3.05. The van der Waals surface area contributed by atoms with Crippen LogP contribution in [0.5, 0.6) is 0 Å². The van der Waals surface area contributed by atoms with Gasteiger partial charge < -0.3 is 53.4 Å². The van der Waals surface area contributed by atoms with E-state index in [0.29, 0.717) is 11.0 Å². The Morgan fingerprint density at radius 1 is 0.519 bits per heavy atom. The lowest BCUT2D eigenvalue weighted by Crippen LogP contribution is -2.59. The van der Waals surface area contributed by atoms with Gasteiger partial charge in [-0.2, -0.15) is 0 Å². The molecule has 0 saturated heterocycles. The molecule has 7 N–H and O–H groups in total. The van der Waals surface area contributed by atoms with E-state index in [2.05, 4.69) is 26.3 Å². The van der Waals surface area contributed by atoms with Crippen LogP contribution in [0.25, 0.3) is 0 Å². The minimum Gasteiger partial charge on any atom is -0.379 e. The van der Waals surface area contributed by atoms with Crippen molar-refractivity contribution in [2.45, 2.75) is 141 Å². The van der Waals surface area contributed by atoms with Crippen molar-refractivity contribution in [1.82, 2.24) is 5.32 Å². The molecule has 0 rings (SSSR count). The molecule has 0 radical (unpaired) electrons. The molecule has 0 aliphatic carbocycles. The molecule has 15 nitrogen and oxygen atoms in total. The number of nitrogens with zero attached hydrogens (tertiary/aromatic N) is 1. The van der Waals surface area contributed by atoms with Gasteiger partial charge in [-0.25, -0.2) is 0 Å². The number of nitrogens with one attached hydrogen (secondary N) is 1. The largest absolute Gasteiger partial charge is 0.379 e. The highest BCUT2D eigenvalue weighted by Crippen LogP contribution is 2.36. The molecule has 0 bridgehead atoms. The minimum absolute atomic E-state index is 0.0254. The van der Waals surface area contributed by atoms with Crippen LogP contribution in [-0.4, -0.2) is 131 Å². The molecule has 0 fully saturated rings. The van der Waals surface area contributed by atoms with E-state index in [1.165, 1.54) is 89.9 Å². The maximum absolute atomic E-state index is 13.4. The molecular formula is C36H78N2O13P3+. The molecule has 0 aliphatic rings. The molecule has 0 aliphatic heterocycles.